The molecule has 1 N–H and O–H groups in total. The number of aliphatic hydroxyl groups excluding tert-OH is 1. The topological polar surface area (TPSA) is 23.5 Å². The molecule has 0 bridgehead atoms. The van der Waals surface area contributed by atoms with Gasteiger partial charge in [-0.3, -0.25) is 0 Å². The molecule has 0 aliphatic carbocycles. The van der Waals surface area contributed by atoms with Gasteiger partial charge < -0.3 is 10.0 Å². The molecule has 1 aliphatic rings. The molecule has 2 rings (SSSR count). The van der Waals surface area contributed by atoms with Crippen molar-refractivity contribution in [2.45, 2.75) is 38.5 Å². The smallest absolute Gasteiger partial charge is 0.0502 e. The van der Waals surface area contributed by atoms with E-state index in [1.807, 2.05) is 0 Å². The van der Waals surface area contributed by atoms with Crippen LogP contribution in [0.25, 0.3) is 0 Å². The molecule has 1 aliphatic heterocycles. The third kappa shape index (κ3) is 3.58. The summed E-state index contributed by atoms with van der Waals surface area (Å²) in [6.45, 7) is 6.99. The highest BCUT2D eigenvalue weighted by atomic mass is 16.3. The highest BCUT2D eigenvalue weighted by Crippen LogP contribution is 2.29. The van der Waals surface area contributed by atoms with E-state index in [0.717, 1.165) is 0 Å². The van der Waals surface area contributed by atoms with Crippen molar-refractivity contribution in [3.63, 3.8) is 0 Å². The van der Waals surface area contributed by atoms with Crippen LogP contribution in [0.4, 0.5) is 0 Å². The summed E-state index contributed by atoms with van der Waals surface area (Å²) < 4.78 is 0. The van der Waals surface area contributed by atoms with E-state index in [1.54, 1.807) is 0 Å². The number of hydrogen-bond donors (Lipinski definition) is 1. The molecular weight excluding hydrogens is 234 g/mol. The van der Waals surface area contributed by atoms with Gasteiger partial charge in [-0.25, -0.2) is 0 Å². The number of piperidine rings is 1. The van der Waals surface area contributed by atoms with Crippen LogP contribution in [0.1, 0.15) is 49.7 Å². The van der Waals surface area contributed by atoms with E-state index >= 15 is 0 Å². The molecule has 1 aromatic carbocycles. The van der Waals surface area contributed by atoms with Crippen molar-refractivity contribution in [2.24, 2.45) is 5.92 Å². The highest BCUT2D eigenvalue weighted by molar-refractivity contribution is 5.28. The Morgan fingerprint density at radius 3 is 2.47 bits per heavy atom. The van der Waals surface area contributed by atoms with Gasteiger partial charge in [0.1, 0.15) is 0 Å². The molecule has 1 aromatic rings. The van der Waals surface area contributed by atoms with Gasteiger partial charge in [-0.1, -0.05) is 38.1 Å². The fourth-order valence-electron chi connectivity index (χ4n) is 3.15. The lowest BCUT2D eigenvalue weighted by molar-refractivity contribution is 0.237. The van der Waals surface area contributed by atoms with Crippen LogP contribution in [0.5, 0.6) is 0 Å². The Morgan fingerprint density at radius 1 is 1.26 bits per heavy atom. The molecular formula is C17H27NO. The van der Waals surface area contributed by atoms with E-state index < -0.39 is 0 Å². The Kier molecular flexibility index (Phi) is 5.00. The maximum atomic E-state index is 9.50. The van der Waals surface area contributed by atoms with Gasteiger partial charge in [-0.15, -0.1) is 0 Å². The Balaban J connectivity index is 2.09. The number of aliphatic hydroxyl groups is 1. The molecule has 1 fully saturated rings. The number of rotatable bonds is 4. The van der Waals surface area contributed by atoms with Crippen LogP contribution in [0.15, 0.2) is 24.3 Å². The molecule has 2 heteroatoms. The van der Waals surface area contributed by atoms with E-state index in [0.29, 0.717) is 11.8 Å². The lowest BCUT2D eigenvalue weighted by Gasteiger charge is -2.30. The van der Waals surface area contributed by atoms with E-state index in [-0.39, 0.29) is 12.5 Å². The number of benzene rings is 1. The van der Waals surface area contributed by atoms with Crippen molar-refractivity contribution in [3.05, 3.63) is 35.4 Å². The van der Waals surface area contributed by atoms with Crippen LogP contribution in [0.3, 0.4) is 0 Å². The minimum atomic E-state index is 0.239. The van der Waals surface area contributed by atoms with Crippen molar-refractivity contribution >= 4 is 0 Å². The van der Waals surface area contributed by atoms with Gasteiger partial charge in [0.25, 0.3) is 0 Å². The zero-order valence-corrected chi connectivity index (χ0v) is 12.5. The molecule has 106 valence electrons. The summed E-state index contributed by atoms with van der Waals surface area (Å²) in [5.41, 5.74) is 2.72. The van der Waals surface area contributed by atoms with Gasteiger partial charge >= 0.3 is 0 Å². The van der Waals surface area contributed by atoms with E-state index in [4.69, 9.17) is 0 Å². The molecule has 2 unspecified atom stereocenters. The SMILES string of the molecule is CC(C)C(CO)c1ccc(C2CCCN(C)C2)cc1. The standard InChI is InChI=1S/C17H27NO/c1-13(2)17(12-19)15-8-6-14(7-9-15)16-5-4-10-18(3)11-16/h6-9,13,16-17,19H,4-5,10-12H2,1-3H3. The van der Waals surface area contributed by atoms with Gasteiger partial charge in [-0.2, -0.15) is 0 Å². The molecule has 0 amide bonds. The Bertz CT molecular complexity index is 385. The summed E-state index contributed by atoms with van der Waals surface area (Å²) in [6.07, 6.45) is 2.60. The average Bonchev–Trinajstić information content (AvgIpc) is 2.40. The van der Waals surface area contributed by atoms with Gasteiger partial charge in [-0.05, 0) is 49.4 Å². The first-order valence-electron chi connectivity index (χ1n) is 7.51. The zero-order chi connectivity index (χ0) is 13.8. The molecule has 1 saturated heterocycles. The molecule has 0 radical (unpaired) electrons. The molecule has 2 nitrogen and oxygen atoms in total. The molecule has 0 spiro atoms. The van der Waals surface area contributed by atoms with E-state index in [9.17, 15) is 5.11 Å². The van der Waals surface area contributed by atoms with E-state index in [1.165, 1.54) is 37.1 Å². The van der Waals surface area contributed by atoms with Gasteiger partial charge in [0.05, 0.1) is 6.61 Å². The molecule has 1 heterocycles. The largest absolute Gasteiger partial charge is 0.396 e. The summed E-state index contributed by atoms with van der Waals surface area (Å²) in [7, 11) is 2.21. The van der Waals surface area contributed by atoms with Crippen molar-refractivity contribution in [3.8, 4) is 0 Å². The zero-order valence-electron chi connectivity index (χ0n) is 12.5. The second-order valence-electron chi connectivity index (χ2n) is 6.30. The van der Waals surface area contributed by atoms with Gasteiger partial charge in [0, 0.05) is 12.5 Å². The Hall–Kier alpha value is -0.860. The highest BCUT2D eigenvalue weighted by Gasteiger charge is 2.20. The van der Waals surface area contributed by atoms with Crippen LogP contribution in [-0.4, -0.2) is 36.8 Å². The Labute approximate surface area is 117 Å². The third-order valence-electron chi connectivity index (χ3n) is 4.46. The van der Waals surface area contributed by atoms with Crippen molar-refractivity contribution < 1.29 is 5.11 Å². The molecule has 19 heavy (non-hydrogen) atoms. The second kappa shape index (κ2) is 6.53. The average molecular weight is 261 g/mol. The predicted molar refractivity (Wildman–Crippen MR) is 80.6 cm³/mol. The van der Waals surface area contributed by atoms with Crippen molar-refractivity contribution in [2.75, 3.05) is 26.7 Å². The first-order chi connectivity index (χ1) is 9.11. The van der Waals surface area contributed by atoms with Crippen LogP contribution in [-0.2, 0) is 0 Å². The summed E-state index contributed by atoms with van der Waals surface area (Å²) in [5.74, 6) is 1.43. The molecule has 0 aromatic heterocycles. The van der Waals surface area contributed by atoms with Crippen LogP contribution in [0, 0.1) is 5.92 Å². The monoisotopic (exact) mass is 261 g/mol. The van der Waals surface area contributed by atoms with Gasteiger partial charge in [0.2, 0.25) is 0 Å². The fourth-order valence-corrected chi connectivity index (χ4v) is 3.15. The van der Waals surface area contributed by atoms with Gasteiger partial charge in [0.15, 0.2) is 0 Å². The lowest BCUT2D eigenvalue weighted by Crippen LogP contribution is -2.30. The second-order valence-corrected chi connectivity index (χ2v) is 6.30. The molecule has 0 saturated carbocycles. The first kappa shape index (κ1) is 14.5. The number of likely N-dealkylation sites (tertiary alicyclic amines) is 1. The van der Waals surface area contributed by atoms with Crippen molar-refractivity contribution in [1.82, 2.24) is 4.90 Å². The summed E-state index contributed by atoms with van der Waals surface area (Å²) >= 11 is 0. The van der Waals surface area contributed by atoms with Crippen LogP contribution >= 0.6 is 0 Å². The normalized spacial score (nSPS) is 22.7. The predicted octanol–water partition coefficient (Wildman–Crippen LogP) is 3.23. The summed E-state index contributed by atoms with van der Waals surface area (Å²) in [4.78, 5) is 2.42. The van der Waals surface area contributed by atoms with Crippen LogP contribution in [0.2, 0.25) is 0 Å². The minimum Gasteiger partial charge on any atom is -0.396 e. The quantitative estimate of drug-likeness (QED) is 0.899. The lowest BCUT2D eigenvalue weighted by atomic mass is 9.86. The summed E-state index contributed by atoms with van der Waals surface area (Å²) in [5, 5.41) is 9.50. The molecule has 2 atom stereocenters. The first-order valence-corrected chi connectivity index (χ1v) is 7.51. The fraction of sp³-hybridized carbons (Fsp3) is 0.647. The van der Waals surface area contributed by atoms with Crippen LogP contribution < -0.4 is 0 Å². The third-order valence-corrected chi connectivity index (χ3v) is 4.46. The number of hydrogen-bond acceptors (Lipinski definition) is 2. The maximum Gasteiger partial charge on any atom is 0.0502 e. The number of likely N-dealkylation sites (N-methyl/N-ethyl adjacent to an activating group) is 1. The summed E-state index contributed by atoms with van der Waals surface area (Å²) in [6, 6.07) is 8.96. The minimum absolute atomic E-state index is 0.239. The van der Waals surface area contributed by atoms with Crippen molar-refractivity contribution in [1.29, 1.82) is 0 Å². The maximum absolute atomic E-state index is 9.50. The Morgan fingerprint density at radius 2 is 1.95 bits per heavy atom. The van der Waals surface area contributed by atoms with E-state index in [2.05, 4.69) is 50.1 Å². The number of nitrogens with zero attached hydrogens (tertiary/aromatic N) is 1.